The molecule has 30 heavy (non-hydrogen) atoms. The third kappa shape index (κ3) is 7.19. The summed E-state index contributed by atoms with van der Waals surface area (Å²) in [5.41, 5.74) is 1.18. The van der Waals surface area contributed by atoms with Gasteiger partial charge in [-0.15, -0.1) is 0 Å². The van der Waals surface area contributed by atoms with Gasteiger partial charge in [0.1, 0.15) is 6.04 Å². The summed E-state index contributed by atoms with van der Waals surface area (Å²) in [7, 11) is 0. The Morgan fingerprint density at radius 1 is 1.00 bits per heavy atom. The zero-order valence-electron chi connectivity index (χ0n) is 17.6. The largest absolute Gasteiger partial charge is 0.350 e. The van der Waals surface area contributed by atoms with E-state index in [0.717, 1.165) is 11.1 Å². The molecule has 0 heterocycles. The Labute approximate surface area is 193 Å². The summed E-state index contributed by atoms with van der Waals surface area (Å²) in [4.78, 5) is 27.9. The summed E-state index contributed by atoms with van der Waals surface area (Å²) in [5, 5.41) is 4.39. The molecule has 2 amide bonds. The van der Waals surface area contributed by atoms with E-state index in [9.17, 15) is 9.59 Å². The van der Waals surface area contributed by atoms with Gasteiger partial charge in [-0.2, -0.15) is 0 Å². The zero-order chi connectivity index (χ0) is 22.5. The molecule has 0 bridgehead atoms. The Kier molecular flexibility index (Phi) is 8.60. The van der Waals surface area contributed by atoms with Gasteiger partial charge in [-0.25, -0.2) is 0 Å². The molecule has 0 aliphatic heterocycles. The summed E-state index contributed by atoms with van der Waals surface area (Å²) in [5.74, 6) is -0.358. The first-order valence-corrected chi connectivity index (χ1v) is 10.9. The molecule has 2 aromatic carbocycles. The van der Waals surface area contributed by atoms with Crippen LogP contribution in [-0.2, 0) is 22.6 Å². The van der Waals surface area contributed by atoms with Crippen LogP contribution in [0.3, 0.4) is 0 Å². The summed E-state index contributed by atoms with van der Waals surface area (Å²) >= 11 is 18.3. The highest BCUT2D eigenvalue weighted by atomic mass is 35.5. The van der Waals surface area contributed by atoms with E-state index >= 15 is 0 Å². The van der Waals surface area contributed by atoms with Crippen LogP contribution in [0.2, 0.25) is 15.1 Å². The maximum absolute atomic E-state index is 13.3. The minimum atomic E-state index is -0.620. The van der Waals surface area contributed by atoms with Crippen molar-refractivity contribution in [3.8, 4) is 0 Å². The molecule has 4 nitrogen and oxygen atoms in total. The number of carbonyl (C=O) groups excluding carboxylic acids is 2. The van der Waals surface area contributed by atoms with Crippen molar-refractivity contribution in [2.75, 3.05) is 0 Å². The Morgan fingerprint density at radius 3 is 2.27 bits per heavy atom. The van der Waals surface area contributed by atoms with Gasteiger partial charge < -0.3 is 10.2 Å². The minimum absolute atomic E-state index is 0.140. The maximum atomic E-state index is 13.3. The summed E-state index contributed by atoms with van der Waals surface area (Å²) < 4.78 is 0. The second kappa shape index (κ2) is 10.5. The van der Waals surface area contributed by atoms with Crippen LogP contribution in [0.25, 0.3) is 0 Å². The van der Waals surface area contributed by atoms with Gasteiger partial charge >= 0.3 is 0 Å². The predicted molar refractivity (Wildman–Crippen MR) is 124 cm³/mol. The van der Waals surface area contributed by atoms with E-state index in [-0.39, 0.29) is 24.8 Å². The van der Waals surface area contributed by atoms with E-state index in [4.69, 9.17) is 34.8 Å². The highest BCUT2D eigenvalue weighted by molar-refractivity contribution is 6.42. The lowest BCUT2D eigenvalue weighted by atomic mass is 10.0. The fourth-order valence-corrected chi connectivity index (χ4v) is 3.66. The molecule has 0 saturated heterocycles. The van der Waals surface area contributed by atoms with Gasteiger partial charge in [0.15, 0.2) is 0 Å². The molecule has 162 valence electrons. The Balaban J connectivity index is 2.35. The van der Waals surface area contributed by atoms with Crippen molar-refractivity contribution < 1.29 is 9.59 Å². The molecule has 0 fully saturated rings. The van der Waals surface area contributed by atoms with Gasteiger partial charge in [0.05, 0.1) is 16.5 Å². The van der Waals surface area contributed by atoms with Crippen LogP contribution in [-0.4, -0.2) is 28.3 Å². The summed E-state index contributed by atoms with van der Waals surface area (Å²) in [6, 6.07) is 11.8. The fourth-order valence-electron chi connectivity index (χ4n) is 3.13. The molecule has 7 heteroatoms. The van der Waals surface area contributed by atoms with Gasteiger partial charge in [0, 0.05) is 17.1 Å². The number of benzene rings is 2. The Hall–Kier alpha value is -1.75. The summed E-state index contributed by atoms with van der Waals surface area (Å²) in [6.07, 6.45) is 0.617. The quantitative estimate of drug-likeness (QED) is 0.548. The standard InChI is InChI=1S/C23H27Cl3N2O2/c1-5-20(22(30)27-23(2,3)4)28(14-16-9-10-18(25)19(26)12-16)21(29)13-15-7-6-8-17(24)11-15/h6-12,20H,5,13-14H2,1-4H3,(H,27,30)/t20-/m1/s1. The van der Waals surface area contributed by atoms with Crippen LogP contribution in [0.1, 0.15) is 45.2 Å². The molecule has 2 aromatic rings. The molecule has 0 unspecified atom stereocenters. The third-order valence-corrected chi connectivity index (χ3v) is 5.44. The monoisotopic (exact) mass is 468 g/mol. The van der Waals surface area contributed by atoms with Crippen molar-refractivity contribution in [3.05, 3.63) is 68.7 Å². The van der Waals surface area contributed by atoms with Gasteiger partial charge in [-0.05, 0) is 62.6 Å². The van der Waals surface area contributed by atoms with Crippen molar-refractivity contribution in [2.24, 2.45) is 0 Å². The second-order valence-corrected chi connectivity index (χ2v) is 9.49. The van der Waals surface area contributed by atoms with Crippen LogP contribution >= 0.6 is 34.8 Å². The number of nitrogens with one attached hydrogen (secondary N) is 1. The average molecular weight is 470 g/mol. The highest BCUT2D eigenvalue weighted by Gasteiger charge is 2.30. The number of amides is 2. The molecule has 0 aliphatic carbocycles. The van der Waals surface area contributed by atoms with Crippen LogP contribution in [0.4, 0.5) is 0 Å². The first-order valence-electron chi connectivity index (χ1n) is 9.80. The van der Waals surface area contributed by atoms with Gasteiger partial charge in [-0.3, -0.25) is 9.59 Å². The van der Waals surface area contributed by atoms with Crippen molar-refractivity contribution in [2.45, 2.75) is 58.7 Å². The van der Waals surface area contributed by atoms with E-state index in [2.05, 4.69) is 5.32 Å². The number of halogens is 3. The van der Waals surface area contributed by atoms with Crippen molar-refractivity contribution in [3.63, 3.8) is 0 Å². The first kappa shape index (κ1) is 24.5. The smallest absolute Gasteiger partial charge is 0.243 e. The molecule has 0 radical (unpaired) electrons. The van der Waals surface area contributed by atoms with Crippen molar-refractivity contribution in [1.29, 1.82) is 0 Å². The van der Waals surface area contributed by atoms with Gasteiger partial charge in [0.2, 0.25) is 11.8 Å². The predicted octanol–water partition coefficient (Wildman–Crippen LogP) is 5.91. The van der Waals surface area contributed by atoms with Crippen LogP contribution in [0, 0.1) is 0 Å². The van der Waals surface area contributed by atoms with Gasteiger partial charge in [-0.1, -0.05) is 59.9 Å². The minimum Gasteiger partial charge on any atom is -0.350 e. The molecule has 0 spiro atoms. The maximum Gasteiger partial charge on any atom is 0.243 e. The van der Waals surface area contributed by atoms with Crippen LogP contribution in [0.5, 0.6) is 0 Å². The molecule has 0 aromatic heterocycles. The topological polar surface area (TPSA) is 49.4 Å². The highest BCUT2D eigenvalue weighted by Crippen LogP contribution is 2.24. The Bertz CT molecular complexity index is 910. The third-order valence-electron chi connectivity index (χ3n) is 4.47. The average Bonchev–Trinajstić information content (AvgIpc) is 2.63. The molecular formula is C23H27Cl3N2O2. The second-order valence-electron chi connectivity index (χ2n) is 8.24. The number of nitrogens with zero attached hydrogens (tertiary/aromatic N) is 1. The van der Waals surface area contributed by atoms with E-state index in [0.29, 0.717) is 21.5 Å². The Morgan fingerprint density at radius 2 is 1.70 bits per heavy atom. The molecule has 1 N–H and O–H groups in total. The number of rotatable bonds is 7. The number of carbonyl (C=O) groups is 2. The fraction of sp³-hybridized carbons (Fsp3) is 0.391. The van der Waals surface area contributed by atoms with Crippen molar-refractivity contribution in [1.82, 2.24) is 10.2 Å². The number of hydrogen-bond acceptors (Lipinski definition) is 2. The van der Waals surface area contributed by atoms with Crippen LogP contribution < -0.4 is 5.32 Å². The molecule has 2 rings (SSSR count). The lowest BCUT2D eigenvalue weighted by molar-refractivity contribution is -0.141. The van der Waals surface area contributed by atoms with E-state index in [1.807, 2.05) is 39.8 Å². The van der Waals surface area contributed by atoms with E-state index in [1.54, 1.807) is 35.2 Å². The van der Waals surface area contributed by atoms with E-state index < -0.39 is 11.6 Å². The molecular weight excluding hydrogens is 443 g/mol. The van der Waals surface area contributed by atoms with Crippen LogP contribution in [0.15, 0.2) is 42.5 Å². The zero-order valence-corrected chi connectivity index (χ0v) is 19.9. The SMILES string of the molecule is CC[C@H](C(=O)NC(C)(C)C)N(Cc1ccc(Cl)c(Cl)c1)C(=O)Cc1cccc(Cl)c1. The number of hydrogen-bond donors (Lipinski definition) is 1. The van der Waals surface area contributed by atoms with E-state index in [1.165, 1.54) is 0 Å². The van der Waals surface area contributed by atoms with Crippen molar-refractivity contribution >= 4 is 46.6 Å². The van der Waals surface area contributed by atoms with Gasteiger partial charge in [0.25, 0.3) is 0 Å². The normalized spacial score (nSPS) is 12.4. The molecule has 0 saturated carbocycles. The first-order chi connectivity index (χ1) is 14.0. The lowest BCUT2D eigenvalue weighted by Gasteiger charge is -2.33. The molecule has 0 aliphatic rings. The molecule has 1 atom stereocenters. The summed E-state index contributed by atoms with van der Waals surface area (Å²) in [6.45, 7) is 7.87. The lowest BCUT2D eigenvalue weighted by Crippen LogP contribution is -2.53.